The lowest BCUT2D eigenvalue weighted by Gasteiger charge is -2.26. The molecule has 0 radical (unpaired) electrons. The molecule has 2 heterocycles. The van der Waals surface area contributed by atoms with Gasteiger partial charge in [-0.05, 0) is 40.6 Å². The highest BCUT2D eigenvalue weighted by atomic mass is 32.2. The van der Waals surface area contributed by atoms with E-state index in [1.54, 1.807) is 24.3 Å². The maximum absolute atomic E-state index is 14.1. The minimum absolute atomic E-state index is 0.00139. The van der Waals surface area contributed by atoms with E-state index >= 15 is 0 Å². The van der Waals surface area contributed by atoms with E-state index < -0.39 is 26.7 Å². The Morgan fingerprint density at radius 2 is 1.75 bits per heavy atom. The second-order valence-electron chi connectivity index (χ2n) is 11.7. The largest absolute Gasteiger partial charge is 0.492 e. The number of aromatic amines is 1. The predicted molar refractivity (Wildman–Crippen MR) is 170 cm³/mol. The highest BCUT2D eigenvalue weighted by Crippen LogP contribution is 2.38. The van der Waals surface area contributed by atoms with Crippen LogP contribution in [-0.4, -0.2) is 80.9 Å². The molecular weight excluding hydrogens is 586 g/mol. The van der Waals surface area contributed by atoms with Crippen LogP contribution in [0, 0.1) is 0 Å². The SMILES string of the molecule is COc1c(NS(C)(=O)=O)cc(C(C)(C)C)cc1-n1c(=O)[nH]nc(-c2ccc(OCCN3CCOCC3)c3ccccc23)c1=O. The molecule has 1 aliphatic rings. The molecule has 0 aliphatic carbocycles. The number of anilines is 1. The minimum Gasteiger partial charge on any atom is -0.492 e. The van der Waals surface area contributed by atoms with Gasteiger partial charge in [-0.15, -0.1) is 0 Å². The number of ether oxygens (including phenoxy) is 3. The molecule has 0 amide bonds. The molecule has 5 rings (SSSR count). The molecule has 1 fully saturated rings. The smallest absolute Gasteiger partial charge is 0.349 e. The maximum atomic E-state index is 14.1. The summed E-state index contributed by atoms with van der Waals surface area (Å²) < 4.78 is 45.0. The Bertz CT molecular complexity index is 1910. The lowest BCUT2D eigenvalue weighted by molar-refractivity contribution is 0.0323. The van der Waals surface area contributed by atoms with Crippen LogP contribution in [0.1, 0.15) is 26.3 Å². The monoisotopic (exact) mass is 623 g/mol. The molecule has 3 aromatic carbocycles. The van der Waals surface area contributed by atoms with E-state index in [2.05, 4.69) is 19.8 Å². The number of methoxy groups -OCH3 is 1. The van der Waals surface area contributed by atoms with Gasteiger partial charge in [0, 0.05) is 30.6 Å². The highest BCUT2D eigenvalue weighted by molar-refractivity contribution is 7.92. The van der Waals surface area contributed by atoms with Gasteiger partial charge < -0.3 is 14.2 Å². The summed E-state index contributed by atoms with van der Waals surface area (Å²) in [5.41, 5.74) is -0.615. The number of rotatable bonds is 9. The van der Waals surface area contributed by atoms with Gasteiger partial charge in [-0.3, -0.25) is 14.4 Å². The van der Waals surface area contributed by atoms with Gasteiger partial charge in [0.05, 0.1) is 38.0 Å². The van der Waals surface area contributed by atoms with Crippen molar-refractivity contribution in [3.8, 4) is 28.4 Å². The fourth-order valence-electron chi connectivity index (χ4n) is 5.21. The van der Waals surface area contributed by atoms with E-state index in [9.17, 15) is 18.0 Å². The number of hydrogen-bond donors (Lipinski definition) is 2. The fourth-order valence-corrected chi connectivity index (χ4v) is 5.76. The minimum atomic E-state index is -3.72. The van der Waals surface area contributed by atoms with Crippen molar-refractivity contribution >= 4 is 26.5 Å². The molecular formula is C31H37N5O7S. The Labute approximate surface area is 255 Å². The molecule has 0 saturated carbocycles. The van der Waals surface area contributed by atoms with Crippen molar-refractivity contribution in [2.45, 2.75) is 26.2 Å². The molecule has 12 nitrogen and oxygen atoms in total. The Hall–Kier alpha value is -4.20. The Morgan fingerprint density at radius 1 is 1.05 bits per heavy atom. The van der Waals surface area contributed by atoms with Crippen molar-refractivity contribution in [3.63, 3.8) is 0 Å². The molecule has 1 aliphatic heterocycles. The molecule has 0 unspecified atom stereocenters. The van der Waals surface area contributed by atoms with Crippen LogP contribution in [0.15, 0.2) is 58.1 Å². The zero-order valence-electron chi connectivity index (χ0n) is 25.5. The topological polar surface area (TPSA) is 145 Å². The van der Waals surface area contributed by atoms with Crippen LogP contribution in [-0.2, 0) is 20.2 Å². The Morgan fingerprint density at radius 3 is 2.41 bits per heavy atom. The highest BCUT2D eigenvalue weighted by Gasteiger charge is 2.25. The normalized spacial score (nSPS) is 14.5. The lowest BCUT2D eigenvalue weighted by atomic mass is 9.86. The van der Waals surface area contributed by atoms with Gasteiger partial charge in [-0.1, -0.05) is 45.0 Å². The second kappa shape index (κ2) is 12.4. The van der Waals surface area contributed by atoms with Gasteiger partial charge >= 0.3 is 5.69 Å². The van der Waals surface area contributed by atoms with Crippen molar-refractivity contribution in [2.75, 3.05) is 57.5 Å². The number of hydrogen-bond acceptors (Lipinski definition) is 9. The summed E-state index contributed by atoms with van der Waals surface area (Å²) in [6.45, 7) is 10.2. The summed E-state index contributed by atoms with van der Waals surface area (Å²) in [6, 6.07) is 14.3. The molecule has 0 atom stereocenters. The van der Waals surface area contributed by atoms with Crippen LogP contribution in [0.25, 0.3) is 27.7 Å². The summed E-state index contributed by atoms with van der Waals surface area (Å²) in [4.78, 5) is 29.7. The number of fused-ring (bicyclic) bond motifs is 1. The molecule has 1 aromatic heterocycles. The van der Waals surface area contributed by atoms with E-state index in [0.29, 0.717) is 36.7 Å². The lowest BCUT2D eigenvalue weighted by Crippen LogP contribution is -2.38. The second-order valence-corrected chi connectivity index (χ2v) is 13.4. The van der Waals surface area contributed by atoms with Crippen molar-refractivity contribution < 1.29 is 22.6 Å². The first kappa shape index (κ1) is 31.2. The van der Waals surface area contributed by atoms with E-state index in [4.69, 9.17) is 14.2 Å². The Kier molecular flexibility index (Phi) is 8.82. The average Bonchev–Trinajstić information content (AvgIpc) is 2.97. The van der Waals surface area contributed by atoms with Crippen LogP contribution >= 0.6 is 0 Å². The Balaban J connectivity index is 1.62. The maximum Gasteiger partial charge on any atom is 0.349 e. The summed E-state index contributed by atoms with van der Waals surface area (Å²) in [5.74, 6) is 0.681. The third-order valence-electron chi connectivity index (χ3n) is 7.46. The van der Waals surface area contributed by atoms with Gasteiger partial charge in [0.2, 0.25) is 10.0 Å². The summed E-state index contributed by atoms with van der Waals surface area (Å²) in [6.07, 6.45) is 1.01. The molecule has 1 saturated heterocycles. The first-order valence-corrected chi connectivity index (χ1v) is 16.1. The summed E-state index contributed by atoms with van der Waals surface area (Å²) >= 11 is 0. The number of morpholine rings is 1. The summed E-state index contributed by atoms with van der Waals surface area (Å²) in [5, 5.41) is 8.12. The third kappa shape index (κ3) is 6.64. The average molecular weight is 624 g/mol. The number of sulfonamides is 1. The standard InChI is InChI=1S/C31H37N5O7S/c1-31(2,3)20-18-24(34-44(5,39)40)28(41-4)25(19-20)36-29(37)27(32-33-30(36)38)23-10-11-26(22-9-7-6-8-21(22)23)43-17-14-35-12-15-42-16-13-35/h6-11,18-19,34H,12-17H2,1-5H3,(H,33,38). The number of benzene rings is 3. The van der Waals surface area contributed by atoms with E-state index in [-0.39, 0.29) is 22.8 Å². The van der Waals surface area contributed by atoms with Crippen LogP contribution in [0.4, 0.5) is 5.69 Å². The van der Waals surface area contributed by atoms with Crippen LogP contribution < -0.4 is 25.4 Å². The zero-order chi connectivity index (χ0) is 31.6. The third-order valence-corrected chi connectivity index (χ3v) is 8.05. The van der Waals surface area contributed by atoms with Crippen LogP contribution in [0.5, 0.6) is 11.5 Å². The number of H-pyrrole nitrogens is 1. The molecule has 0 bridgehead atoms. The zero-order valence-corrected chi connectivity index (χ0v) is 26.3. The molecule has 0 spiro atoms. The number of nitrogens with zero attached hydrogens (tertiary/aromatic N) is 3. The molecule has 13 heteroatoms. The molecule has 234 valence electrons. The van der Waals surface area contributed by atoms with Crippen molar-refractivity contribution in [2.24, 2.45) is 0 Å². The predicted octanol–water partition coefficient (Wildman–Crippen LogP) is 3.13. The van der Waals surface area contributed by atoms with Crippen LogP contribution in [0.3, 0.4) is 0 Å². The first-order valence-electron chi connectivity index (χ1n) is 14.2. The fraction of sp³-hybridized carbons (Fsp3) is 0.387. The molecule has 4 aromatic rings. The van der Waals surface area contributed by atoms with Crippen molar-refractivity contribution in [3.05, 3.63) is 74.9 Å². The van der Waals surface area contributed by atoms with Crippen molar-refractivity contribution in [1.82, 2.24) is 19.7 Å². The van der Waals surface area contributed by atoms with E-state index in [0.717, 1.165) is 41.2 Å². The number of nitrogens with one attached hydrogen (secondary N) is 2. The van der Waals surface area contributed by atoms with Gasteiger partial charge in [-0.25, -0.2) is 22.9 Å². The van der Waals surface area contributed by atoms with Gasteiger partial charge in [0.25, 0.3) is 5.56 Å². The van der Waals surface area contributed by atoms with Gasteiger partial charge in [-0.2, -0.15) is 5.10 Å². The van der Waals surface area contributed by atoms with Gasteiger partial charge in [0.15, 0.2) is 11.4 Å². The van der Waals surface area contributed by atoms with Gasteiger partial charge in [0.1, 0.15) is 12.4 Å². The summed E-state index contributed by atoms with van der Waals surface area (Å²) in [7, 11) is -2.38. The van der Waals surface area contributed by atoms with E-state index in [1.807, 2.05) is 45.0 Å². The van der Waals surface area contributed by atoms with E-state index in [1.165, 1.54) is 7.11 Å². The number of aromatic nitrogens is 3. The van der Waals surface area contributed by atoms with Crippen LogP contribution in [0.2, 0.25) is 0 Å². The first-order chi connectivity index (χ1) is 20.9. The molecule has 2 N–H and O–H groups in total. The molecule has 44 heavy (non-hydrogen) atoms. The van der Waals surface area contributed by atoms with Crippen molar-refractivity contribution in [1.29, 1.82) is 0 Å². The quantitative estimate of drug-likeness (QED) is 0.287.